The van der Waals surface area contributed by atoms with Gasteiger partial charge in [0, 0.05) is 0 Å². The average Bonchev–Trinajstić information content (AvgIpc) is 3.00. The van der Waals surface area contributed by atoms with Crippen molar-refractivity contribution >= 4 is 33.8 Å². The smallest absolute Gasteiger partial charge is 0.324 e. The maximum Gasteiger partial charge on any atom is 0.329 e. The second-order valence-corrected chi connectivity index (χ2v) is 5.52. The molecule has 2 aromatic carbocycles. The Bertz CT molecular complexity index is 1190. The molecular formula is C17H13N5O3. The third-order valence-corrected chi connectivity index (χ3v) is 3.84. The summed E-state index contributed by atoms with van der Waals surface area (Å²) >= 11 is 0. The molecule has 25 heavy (non-hydrogen) atoms. The second-order valence-electron chi connectivity index (χ2n) is 5.52. The van der Waals surface area contributed by atoms with Gasteiger partial charge in [-0.15, -0.1) is 0 Å². The van der Waals surface area contributed by atoms with Crippen LogP contribution >= 0.6 is 0 Å². The van der Waals surface area contributed by atoms with E-state index in [-0.39, 0.29) is 5.95 Å². The van der Waals surface area contributed by atoms with Crippen molar-refractivity contribution in [1.82, 2.24) is 19.5 Å². The predicted molar refractivity (Wildman–Crippen MR) is 93.6 cm³/mol. The molecule has 0 aliphatic heterocycles. The molecule has 1 amide bonds. The Morgan fingerprint density at radius 3 is 2.52 bits per heavy atom. The number of carbonyl (C=O) groups excluding carboxylic acids is 1. The maximum atomic E-state index is 12.4. The van der Waals surface area contributed by atoms with Crippen LogP contribution in [0.3, 0.4) is 0 Å². The summed E-state index contributed by atoms with van der Waals surface area (Å²) in [5.41, 5.74) is 0.769. The topological polar surface area (TPSA) is 113 Å². The highest BCUT2D eigenvalue weighted by molar-refractivity contribution is 5.91. The molecule has 4 aromatic rings. The van der Waals surface area contributed by atoms with Crippen molar-refractivity contribution in [1.29, 1.82) is 0 Å². The number of para-hydroxylation sites is 3. The molecule has 2 heterocycles. The number of aromatic nitrogens is 4. The molecule has 0 unspecified atom stereocenters. The number of amides is 1. The van der Waals surface area contributed by atoms with Crippen LogP contribution in [0.15, 0.2) is 58.1 Å². The molecule has 0 fully saturated rings. The van der Waals surface area contributed by atoms with Gasteiger partial charge >= 0.3 is 5.69 Å². The van der Waals surface area contributed by atoms with Gasteiger partial charge in [0.25, 0.3) is 5.56 Å². The van der Waals surface area contributed by atoms with Crippen LogP contribution in [-0.4, -0.2) is 25.4 Å². The zero-order chi connectivity index (χ0) is 17.4. The number of hydrogen-bond donors (Lipinski definition) is 3. The molecule has 8 heteroatoms. The minimum atomic E-state index is -0.636. The first kappa shape index (κ1) is 14.9. The number of benzene rings is 2. The number of hydrogen-bond acceptors (Lipinski definition) is 4. The van der Waals surface area contributed by atoms with Gasteiger partial charge in [0.05, 0.1) is 21.9 Å². The minimum absolute atomic E-state index is 0.261. The third kappa shape index (κ3) is 2.69. The summed E-state index contributed by atoms with van der Waals surface area (Å²) in [5, 5.41) is 2.91. The van der Waals surface area contributed by atoms with Crippen LogP contribution < -0.4 is 16.6 Å². The summed E-state index contributed by atoms with van der Waals surface area (Å²) in [6.07, 6.45) is 0. The standard InChI is InChI=1S/C17H13N5O3/c23-14(21-16-18-12-7-3-4-8-13(12)19-16)9-22-15(24)10-5-1-2-6-11(10)20-17(22)25/h1-8H,9H2,(H,20,25)(H2,18,19,21,23). The molecule has 0 aliphatic rings. The van der Waals surface area contributed by atoms with E-state index in [1.807, 2.05) is 18.2 Å². The lowest BCUT2D eigenvalue weighted by molar-refractivity contribution is -0.116. The Balaban J connectivity index is 1.63. The average molecular weight is 335 g/mol. The van der Waals surface area contributed by atoms with Crippen LogP contribution in [0.5, 0.6) is 0 Å². The van der Waals surface area contributed by atoms with Crippen LogP contribution in [0, 0.1) is 0 Å². The lowest BCUT2D eigenvalue weighted by Gasteiger charge is -2.06. The summed E-state index contributed by atoms with van der Waals surface area (Å²) in [6, 6.07) is 14.0. The maximum absolute atomic E-state index is 12.4. The molecule has 0 spiro atoms. The second kappa shape index (κ2) is 5.75. The van der Waals surface area contributed by atoms with Gasteiger partial charge in [-0.2, -0.15) is 0 Å². The lowest BCUT2D eigenvalue weighted by Crippen LogP contribution is -2.38. The summed E-state index contributed by atoms with van der Waals surface area (Å²) in [7, 11) is 0. The van der Waals surface area contributed by atoms with E-state index in [0.717, 1.165) is 10.1 Å². The Labute approximate surface area is 140 Å². The highest BCUT2D eigenvalue weighted by Gasteiger charge is 2.12. The number of fused-ring (bicyclic) bond motifs is 2. The number of aromatic amines is 2. The quantitative estimate of drug-likeness (QED) is 0.522. The Hall–Kier alpha value is -3.68. The molecule has 0 saturated heterocycles. The first-order valence-electron chi connectivity index (χ1n) is 7.58. The van der Waals surface area contributed by atoms with Crippen molar-refractivity contribution < 1.29 is 4.79 Å². The Morgan fingerprint density at radius 1 is 1.00 bits per heavy atom. The third-order valence-electron chi connectivity index (χ3n) is 3.84. The summed E-state index contributed by atoms with van der Waals surface area (Å²) < 4.78 is 0.861. The molecule has 0 radical (unpaired) electrons. The number of nitrogens with one attached hydrogen (secondary N) is 3. The highest BCUT2D eigenvalue weighted by atomic mass is 16.2. The number of nitrogens with zero attached hydrogens (tertiary/aromatic N) is 2. The van der Waals surface area contributed by atoms with E-state index in [1.165, 1.54) is 0 Å². The molecule has 124 valence electrons. The number of rotatable bonds is 3. The monoisotopic (exact) mass is 335 g/mol. The van der Waals surface area contributed by atoms with E-state index in [2.05, 4.69) is 20.3 Å². The van der Waals surface area contributed by atoms with E-state index >= 15 is 0 Å². The zero-order valence-corrected chi connectivity index (χ0v) is 12.9. The van der Waals surface area contributed by atoms with Gasteiger partial charge in [-0.1, -0.05) is 24.3 Å². The van der Waals surface area contributed by atoms with E-state index in [4.69, 9.17) is 0 Å². The van der Waals surface area contributed by atoms with Crippen LogP contribution in [-0.2, 0) is 11.3 Å². The van der Waals surface area contributed by atoms with Gasteiger partial charge in [-0.3, -0.25) is 19.5 Å². The van der Waals surface area contributed by atoms with E-state index in [0.29, 0.717) is 16.4 Å². The fourth-order valence-electron chi connectivity index (χ4n) is 2.67. The van der Waals surface area contributed by atoms with Crippen LogP contribution in [0.4, 0.5) is 5.95 Å². The SMILES string of the molecule is O=C(Cn1c(=O)[nH]c2ccccc2c1=O)Nc1nc2ccccc2[nH]1. The number of imidazole rings is 1. The van der Waals surface area contributed by atoms with Crippen molar-refractivity contribution in [2.45, 2.75) is 6.54 Å². The summed E-state index contributed by atoms with van der Waals surface area (Å²) in [5.74, 6) is -0.265. The van der Waals surface area contributed by atoms with Gasteiger partial charge in [-0.05, 0) is 24.3 Å². The molecule has 8 nitrogen and oxygen atoms in total. The molecule has 2 aromatic heterocycles. The van der Waals surface area contributed by atoms with Crippen LogP contribution in [0.1, 0.15) is 0 Å². The lowest BCUT2D eigenvalue weighted by atomic mass is 10.2. The normalized spacial score (nSPS) is 11.0. The van der Waals surface area contributed by atoms with Gasteiger partial charge < -0.3 is 9.97 Å². The van der Waals surface area contributed by atoms with Crippen molar-refractivity contribution in [2.75, 3.05) is 5.32 Å². The van der Waals surface area contributed by atoms with Crippen molar-refractivity contribution in [3.8, 4) is 0 Å². The molecular weight excluding hydrogens is 322 g/mol. The van der Waals surface area contributed by atoms with Gasteiger partial charge in [0.2, 0.25) is 11.9 Å². The molecule has 4 rings (SSSR count). The Morgan fingerprint density at radius 2 is 1.72 bits per heavy atom. The number of H-pyrrole nitrogens is 2. The largest absolute Gasteiger partial charge is 0.329 e. The number of carbonyl (C=O) groups is 1. The van der Waals surface area contributed by atoms with Crippen molar-refractivity contribution in [2.24, 2.45) is 0 Å². The Kier molecular flexibility index (Phi) is 3.42. The van der Waals surface area contributed by atoms with Gasteiger partial charge in [0.1, 0.15) is 6.54 Å². The van der Waals surface area contributed by atoms with Gasteiger partial charge in [0.15, 0.2) is 0 Å². The first-order valence-corrected chi connectivity index (χ1v) is 7.58. The highest BCUT2D eigenvalue weighted by Crippen LogP contribution is 2.13. The van der Waals surface area contributed by atoms with Crippen molar-refractivity contribution in [3.05, 3.63) is 69.4 Å². The number of anilines is 1. The fourth-order valence-corrected chi connectivity index (χ4v) is 2.67. The molecule has 0 bridgehead atoms. The molecule has 0 saturated carbocycles. The fraction of sp³-hybridized carbons (Fsp3) is 0.0588. The molecule has 0 atom stereocenters. The van der Waals surface area contributed by atoms with Crippen LogP contribution in [0.2, 0.25) is 0 Å². The summed E-state index contributed by atoms with van der Waals surface area (Å²) in [6.45, 7) is -0.407. The zero-order valence-electron chi connectivity index (χ0n) is 12.9. The van der Waals surface area contributed by atoms with Gasteiger partial charge in [-0.25, -0.2) is 9.78 Å². The van der Waals surface area contributed by atoms with E-state index in [1.54, 1.807) is 30.3 Å². The predicted octanol–water partition coefficient (Wildman–Crippen LogP) is 1.20. The molecule has 0 aliphatic carbocycles. The van der Waals surface area contributed by atoms with E-state index < -0.39 is 23.7 Å². The molecule has 3 N–H and O–H groups in total. The summed E-state index contributed by atoms with van der Waals surface area (Å²) in [4.78, 5) is 46.5. The van der Waals surface area contributed by atoms with Crippen LogP contribution in [0.25, 0.3) is 21.9 Å². The van der Waals surface area contributed by atoms with Crippen molar-refractivity contribution in [3.63, 3.8) is 0 Å². The minimum Gasteiger partial charge on any atom is -0.324 e. The first-order chi connectivity index (χ1) is 12.1. The van der Waals surface area contributed by atoms with E-state index in [9.17, 15) is 14.4 Å².